The first-order valence-electron chi connectivity index (χ1n) is 5.73. The number of imide groups is 1. The second-order valence-corrected chi connectivity index (χ2v) is 6.20. The smallest absolute Gasteiger partial charge is 0.277 e. The van der Waals surface area contributed by atoms with E-state index < -0.39 is 33.6 Å². The van der Waals surface area contributed by atoms with Crippen molar-refractivity contribution < 1.29 is 22.6 Å². The van der Waals surface area contributed by atoms with E-state index >= 15 is 0 Å². The lowest BCUT2D eigenvalue weighted by atomic mass is 9.94. The summed E-state index contributed by atoms with van der Waals surface area (Å²) in [5.74, 6) is -1.24. The van der Waals surface area contributed by atoms with Crippen molar-refractivity contribution in [3.05, 3.63) is 0 Å². The number of carbonyl (C=O) groups is 2. The van der Waals surface area contributed by atoms with Crippen molar-refractivity contribution in [2.75, 3.05) is 0 Å². The van der Waals surface area contributed by atoms with Crippen LogP contribution in [-0.2, 0) is 19.7 Å². The summed E-state index contributed by atoms with van der Waals surface area (Å²) in [5, 5.41) is -1.59. The van der Waals surface area contributed by atoms with Crippen LogP contribution in [0.2, 0.25) is 0 Å². The highest BCUT2D eigenvalue weighted by Gasteiger charge is 2.48. The van der Waals surface area contributed by atoms with Crippen molar-refractivity contribution in [1.29, 1.82) is 0 Å². The maximum Gasteiger partial charge on any atom is 0.277 e. The van der Waals surface area contributed by atoms with Crippen molar-refractivity contribution in [3.8, 4) is 0 Å². The molecule has 17 heavy (non-hydrogen) atoms. The summed E-state index contributed by atoms with van der Waals surface area (Å²) in [6.07, 6.45) is 4.00. The largest absolute Gasteiger partial charge is 0.285 e. The molecule has 6 nitrogen and oxygen atoms in total. The number of nitrogens with zero attached hydrogens (tertiary/aromatic N) is 1. The SMILES string of the molecule is O=C1CC(S(=O)(=O)O)C(=O)N1C1CCCCC1. The molecule has 1 atom stereocenters. The lowest BCUT2D eigenvalue weighted by Crippen LogP contribution is -2.43. The second kappa shape index (κ2) is 4.38. The monoisotopic (exact) mass is 261 g/mol. The van der Waals surface area contributed by atoms with E-state index in [1.165, 1.54) is 0 Å². The van der Waals surface area contributed by atoms with Gasteiger partial charge in [0.1, 0.15) is 0 Å². The third-order valence-electron chi connectivity index (χ3n) is 3.44. The van der Waals surface area contributed by atoms with Crippen LogP contribution in [-0.4, -0.2) is 41.0 Å². The van der Waals surface area contributed by atoms with E-state index in [9.17, 15) is 18.0 Å². The van der Waals surface area contributed by atoms with Crippen LogP contribution in [0, 0.1) is 0 Å². The molecule has 2 fully saturated rings. The zero-order chi connectivity index (χ0) is 12.6. The van der Waals surface area contributed by atoms with Gasteiger partial charge in [0, 0.05) is 6.04 Å². The average molecular weight is 261 g/mol. The van der Waals surface area contributed by atoms with Crippen LogP contribution in [0.15, 0.2) is 0 Å². The summed E-state index contributed by atoms with van der Waals surface area (Å²) < 4.78 is 30.8. The zero-order valence-corrected chi connectivity index (χ0v) is 10.1. The van der Waals surface area contributed by atoms with Crippen LogP contribution in [0.5, 0.6) is 0 Å². The Hall–Kier alpha value is -0.950. The predicted molar refractivity (Wildman–Crippen MR) is 58.7 cm³/mol. The maximum atomic E-state index is 11.8. The molecule has 0 spiro atoms. The number of likely N-dealkylation sites (tertiary alicyclic amines) is 1. The van der Waals surface area contributed by atoms with Gasteiger partial charge in [-0.2, -0.15) is 8.42 Å². The minimum Gasteiger partial charge on any atom is -0.285 e. The Labute approximate surface area is 99.7 Å². The second-order valence-electron chi connectivity index (χ2n) is 4.60. The van der Waals surface area contributed by atoms with E-state index in [2.05, 4.69) is 0 Å². The molecule has 2 rings (SSSR count). The molecule has 1 N–H and O–H groups in total. The Morgan fingerprint density at radius 3 is 2.18 bits per heavy atom. The first-order valence-corrected chi connectivity index (χ1v) is 7.24. The van der Waals surface area contributed by atoms with Crippen LogP contribution >= 0.6 is 0 Å². The van der Waals surface area contributed by atoms with Gasteiger partial charge in [0.2, 0.25) is 5.91 Å². The molecule has 1 aliphatic carbocycles. The van der Waals surface area contributed by atoms with Gasteiger partial charge in [0.05, 0.1) is 6.42 Å². The summed E-state index contributed by atoms with van der Waals surface area (Å²) in [6.45, 7) is 0. The summed E-state index contributed by atoms with van der Waals surface area (Å²) >= 11 is 0. The molecule has 0 aromatic rings. The number of hydrogen-bond acceptors (Lipinski definition) is 4. The van der Waals surface area contributed by atoms with E-state index in [-0.39, 0.29) is 6.04 Å². The molecule has 1 heterocycles. The third kappa shape index (κ3) is 2.35. The third-order valence-corrected chi connectivity index (χ3v) is 4.53. The lowest BCUT2D eigenvalue weighted by Gasteiger charge is -2.29. The van der Waals surface area contributed by atoms with E-state index in [4.69, 9.17) is 4.55 Å². The van der Waals surface area contributed by atoms with Gasteiger partial charge in [0.25, 0.3) is 16.0 Å². The van der Waals surface area contributed by atoms with Crippen molar-refractivity contribution in [1.82, 2.24) is 4.90 Å². The van der Waals surface area contributed by atoms with Crippen LogP contribution in [0.1, 0.15) is 38.5 Å². The molecule has 1 saturated carbocycles. The highest BCUT2D eigenvalue weighted by molar-refractivity contribution is 7.87. The molecule has 96 valence electrons. The lowest BCUT2D eigenvalue weighted by molar-refractivity contribution is -0.141. The van der Waals surface area contributed by atoms with E-state index in [0.29, 0.717) is 0 Å². The topological polar surface area (TPSA) is 91.7 Å². The van der Waals surface area contributed by atoms with E-state index in [0.717, 1.165) is 37.0 Å². The molecule has 0 aromatic carbocycles. The first-order chi connectivity index (χ1) is 7.91. The Morgan fingerprint density at radius 2 is 1.71 bits per heavy atom. The minimum atomic E-state index is -4.47. The standard InChI is InChI=1S/C10H15NO5S/c12-9-6-8(17(14,15)16)10(13)11(9)7-4-2-1-3-5-7/h7-8H,1-6H2,(H,14,15,16). The average Bonchev–Trinajstić information content (AvgIpc) is 2.55. The van der Waals surface area contributed by atoms with E-state index in [1.807, 2.05) is 0 Å². The highest BCUT2D eigenvalue weighted by atomic mass is 32.2. The molecule has 2 amide bonds. The fourth-order valence-electron chi connectivity index (χ4n) is 2.58. The molecule has 0 radical (unpaired) electrons. The van der Waals surface area contributed by atoms with Crippen molar-refractivity contribution in [3.63, 3.8) is 0 Å². The first kappa shape index (κ1) is 12.5. The van der Waals surface area contributed by atoms with Gasteiger partial charge < -0.3 is 0 Å². The fourth-order valence-corrected chi connectivity index (χ4v) is 3.30. The molecule has 1 unspecified atom stereocenters. The summed E-state index contributed by atoms with van der Waals surface area (Å²) in [7, 11) is -4.47. The maximum absolute atomic E-state index is 11.8. The summed E-state index contributed by atoms with van der Waals surface area (Å²) in [4.78, 5) is 24.6. The van der Waals surface area contributed by atoms with Gasteiger partial charge in [-0.1, -0.05) is 19.3 Å². The van der Waals surface area contributed by atoms with Gasteiger partial charge in [-0.15, -0.1) is 0 Å². The fraction of sp³-hybridized carbons (Fsp3) is 0.800. The molecule has 1 saturated heterocycles. The van der Waals surface area contributed by atoms with Crippen molar-refractivity contribution in [2.45, 2.75) is 49.8 Å². The van der Waals surface area contributed by atoms with Gasteiger partial charge in [-0.25, -0.2) is 0 Å². The number of amides is 2. The molecular formula is C10H15NO5S. The van der Waals surface area contributed by atoms with Gasteiger partial charge in [0.15, 0.2) is 5.25 Å². The quantitative estimate of drug-likeness (QED) is 0.571. The number of carbonyl (C=O) groups excluding carboxylic acids is 2. The van der Waals surface area contributed by atoms with Gasteiger partial charge in [-0.3, -0.25) is 19.0 Å². The minimum absolute atomic E-state index is 0.185. The van der Waals surface area contributed by atoms with Crippen molar-refractivity contribution >= 4 is 21.9 Å². The van der Waals surface area contributed by atoms with Crippen LogP contribution in [0.3, 0.4) is 0 Å². The summed E-state index contributed by atoms with van der Waals surface area (Å²) in [6, 6.07) is -0.185. The zero-order valence-electron chi connectivity index (χ0n) is 9.33. The normalized spacial score (nSPS) is 27.8. The van der Waals surface area contributed by atoms with Crippen LogP contribution in [0.25, 0.3) is 0 Å². The number of hydrogen-bond donors (Lipinski definition) is 1. The van der Waals surface area contributed by atoms with Crippen molar-refractivity contribution in [2.24, 2.45) is 0 Å². The Balaban J connectivity index is 2.19. The number of rotatable bonds is 2. The van der Waals surface area contributed by atoms with E-state index in [1.54, 1.807) is 0 Å². The van der Waals surface area contributed by atoms with Crippen LogP contribution < -0.4 is 0 Å². The molecule has 7 heteroatoms. The Bertz CT molecular complexity index is 438. The highest BCUT2D eigenvalue weighted by Crippen LogP contribution is 2.29. The summed E-state index contributed by atoms with van der Waals surface area (Å²) in [5.41, 5.74) is 0. The predicted octanol–water partition coefficient (Wildman–Crippen LogP) is 0.334. The molecule has 0 bridgehead atoms. The Kier molecular flexibility index (Phi) is 3.22. The Morgan fingerprint density at radius 1 is 1.12 bits per heavy atom. The molecular weight excluding hydrogens is 246 g/mol. The van der Waals surface area contributed by atoms with Crippen LogP contribution in [0.4, 0.5) is 0 Å². The van der Waals surface area contributed by atoms with Gasteiger partial charge in [-0.05, 0) is 12.8 Å². The molecule has 2 aliphatic rings. The molecule has 0 aromatic heterocycles. The van der Waals surface area contributed by atoms with Gasteiger partial charge >= 0.3 is 0 Å². The molecule has 1 aliphatic heterocycles.